The molecule has 30 heavy (non-hydrogen) atoms. The number of hydrogen-bond acceptors (Lipinski definition) is 6. The summed E-state index contributed by atoms with van der Waals surface area (Å²) in [6.45, 7) is 17.5. The maximum absolute atomic E-state index is 12.9. The van der Waals surface area contributed by atoms with E-state index in [1.165, 1.54) is 0 Å². The Morgan fingerprint density at radius 1 is 0.933 bits per heavy atom. The van der Waals surface area contributed by atoms with E-state index >= 15 is 0 Å². The standard InChI is InChI=1S/C17H36F3NO6Si3/c1-28(2,3)24-10-11-13(26-29(4,5)6)14(27-30(7,8)9)12(15(22)25-11)21-16(23)17(18,19)20/h11-15,22H,10H2,1-9H3,(H,21,23)/t11-,12-,13-,14-,15+/m1/s1. The molecule has 1 fully saturated rings. The number of hydrogen-bond donors (Lipinski definition) is 2. The fourth-order valence-corrected chi connectivity index (χ4v) is 5.74. The van der Waals surface area contributed by atoms with Gasteiger partial charge in [0.1, 0.15) is 18.2 Å². The van der Waals surface area contributed by atoms with Gasteiger partial charge in [-0.25, -0.2) is 0 Å². The van der Waals surface area contributed by atoms with Gasteiger partial charge in [0.2, 0.25) is 0 Å². The Morgan fingerprint density at radius 2 is 1.40 bits per heavy atom. The fourth-order valence-electron chi connectivity index (χ4n) is 2.87. The van der Waals surface area contributed by atoms with E-state index in [-0.39, 0.29) is 6.61 Å². The summed E-state index contributed by atoms with van der Waals surface area (Å²) in [5.41, 5.74) is 0. The van der Waals surface area contributed by atoms with Crippen LogP contribution in [-0.2, 0) is 22.8 Å². The zero-order chi connectivity index (χ0) is 23.7. The average Bonchev–Trinajstić information content (AvgIpc) is 2.47. The van der Waals surface area contributed by atoms with Gasteiger partial charge in [0.25, 0.3) is 0 Å². The van der Waals surface area contributed by atoms with E-state index in [0.717, 1.165) is 0 Å². The minimum atomic E-state index is -5.10. The molecule has 0 spiro atoms. The molecule has 0 aromatic rings. The van der Waals surface area contributed by atoms with Gasteiger partial charge in [-0.1, -0.05) is 0 Å². The summed E-state index contributed by atoms with van der Waals surface area (Å²) in [5, 5.41) is 12.4. The molecule has 0 aromatic heterocycles. The first kappa shape index (κ1) is 27.7. The Labute approximate surface area is 180 Å². The van der Waals surface area contributed by atoms with Gasteiger partial charge in [-0.05, 0) is 58.9 Å². The van der Waals surface area contributed by atoms with Crippen molar-refractivity contribution >= 4 is 30.9 Å². The van der Waals surface area contributed by atoms with Crippen LogP contribution in [0.3, 0.4) is 0 Å². The lowest BCUT2D eigenvalue weighted by Gasteiger charge is -2.48. The van der Waals surface area contributed by atoms with Crippen molar-refractivity contribution in [3.05, 3.63) is 0 Å². The van der Waals surface area contributed by atoms with Gasteiger partial charge in [0.15, 0.2) is 31.2 Å². The van der Waals surface area contributed by atoms with Crippen molar-refractivity contribution in [2.75, 3.05) is 6.61 Å². The van der Waals surface area contributed by atoms with Crippen LogP contribution in [0.2, 0.25) is 58.9 Å². The number of aliphatic hydroxyl groups is 1. The third kappa shape index (κ3) is 9.46. The van der Waals surface area contributed by atoms with Crippen LogP contribution in [-0.4, -0.2) is 79.4 Å². The lowest BCUT2D eigenvalue weighted by molar-refractivity contribution is -0.248. The Morgan fingerprint density at radius 3 is 1.80 bits per heavy atom. The van der Waals surface area contributed by atoms with Gasteiger partial charge >= 0.3 is 12.1 Å². The summed E-state index contributed by atoms with van der Waals surface area (Å²) in [6.07, 6.45) is -9.38. The molecule has 1 aliphatic rings. The van der Waals surface area contributed by atoms with Crippen molar-refractivity contribution in [2.24, 2.45) is 0 Å². The smallest absolute Gasteiger partial charge is 0.415 e. The maximum Gasteiger partial charge on any atom is 0.471 e. The first-order chi connectivity index (χ1) is 13.2. The first-order valence-electron chi connectivity index (χ1n) is 9.90. The lowest BCUT2D eigenvalue weighted by Crippen LogP contribution is -2.69. The highest BCUT2D eigenvalue weighted by Gasteiger charge is 2.52. The van der Waals surface area contributed by atoms with E-state index in [1.807, 2.05) is 64.2 Å². The summed E-state index contributed by atoms with van der Waals surface area (Å²) >= 11 is 0. The molecule has 178 valence electrons. The summed E-state index contributed by atoms with van der Waals surface area (Å²) < 4.78 is 62.6. The fraction of sp³-hybridized carbons (Fsp3) is 0.941. The van der Waals surface area contributed by atoms with Crippen LogP contribution in [0.1, 0.15) is 0 Å². The first-order valence-corrected chi connectivity index (χ1v) is 20.1. The summed E-state index contributed by atoms with van der Waals surface area (Å²) in [5.74, 6) is -2.16. The number of rotatable bonds is 8. The van der Waals surface area contributed by atoms with Crippen LogP contribution in [0, 0.1) is 0 Å². The number of halogens is 3. The molecule has 1 aliphatic heterocycles. The van der Waals surface area contributed by atoms with Crippen LogP contribution in [0.5, 0.6) is 0 Å². The molecule has 0 aromatic carbocycles. The molecule has 5 atom stereocenters. The Kier molecular flexibility index (Phi) is 8.96. The molecule has 0 radical (unpaired) electrons. The summed E-state index contributed by atoms with van der Waals surface area (Å²) in [7, 11) is -6.47. The van der Waals surface area contributed by atoms with Crippen LogP contribution >= 0.6 is 0 Å². The largest absolute Gasteiger partial charge is 0.471 e. The number of alkyl halides is 3. The number of nitrogens with one attached hydrogen (secondary N) is 1. The van der Waals surface area contributed by atoms with Gasteiger partial charge in [-0.3, -0.25) is 4.79 Å². The van der Waals surface area contributed by atoms with Crippen LogP contribution in [0.4, 0.5) is 13.2 Å². The quantitative estimate of drug-likeness (QED) is 0.508. The normalized spacial score (nSPS) is 29.0. The maximum atomic E-state index is 12.9. The molecule has 1 heterocycles. The zero-order valence-corrected chi connectivity index (χ0v) is 22.2. The van der Waals surface area contributed by atoms with Crippen molar-refractivity contribution in [2.45, 2.75) is 95.7 Å². The van der Waals surface area contributed by atoms with Crippen LogP contribution in [0.25, 0.3) is 0 Å². The number of amides is 1. The van der Waals surface area contributed by atoms with E-state index in [9.17, 15) is 23.1 Å². The second-order valence-electron chi connectivity index (χ2n) is 10.4. The van der Waals surface area contributed by atoms with Gasteiger partial charge in [0.05, 0.1) is 12.7 Å². The van der Waals surface area contributed by atoms with Gasteiger partial charge < -0.3 is 28.4 Å². The van der Waals surface area contributed by atoms with E-state index in [4.69, 9.17) is 18.0 Å². The van der Waals surface area contributed by atoms with E-state index < -0.39 is 67.7 Å². The Hall–Kier alpha value is -0.289. The molecule has 7 nitrogen and oxygen atoms in total. The third-order valence-electron chi connectivity index (χ3n) is 3.88. The van der Waals surface area contributed by atoms with Crippen LogP contribution < -0.4 is 5.32 Å². The third-order valence-corrected chi connectivity index (χ3v) is 6.87. The SMILES string of the molecule is C[Si](C)(C)OC[C@H]1O[C@H](O)[C@H](NC(=O)C(F)(F)F)[C@@H](O[Si](C)(C)C)[C@@H]1O[Si](C)(C)C. The van der Waals surface area contributed by atoms with E-state index in [0.29, 0.717) is 0 Å². The molecule has 0 bridgehead atoms. The summed E-state index contributed by atoms with van der Waals surface area (Å²) in [6, 6.07) is -1.43. The molecular weight excluding hydrogens is 455 g/mol. The highest BCUT2D eigenvalue weighted by Crippen LogP contribution is 2.31. The van der Waals surface area contributed by atoms with Crippen molar-refractivity contribution in [1.29, 1.82) is 0 Å². The van der Waals surface area contributed by atoms with E-state index in [2.05, 4.69) is 0 Å². The van der Waals surface area contributed by atoms with E-state index in [1.54, 1.807) is 0 Å². The van der Waals surface area contributed by atoms with Gasteiger partial charge in [-0.15, -0.1) is 0 Å². The van der Waals surface area contributed by atoms with Gasteiger partial charge in [0, 0.05) is 0 Å². The predicted molar refractivity (Wildman–Crippen MR) is 115 cm³/mol. The molecule has 0 saturated carbocycles. The topological polar surface area (TPSA) is 86.2 Å². The predicted octanol–water partition coefficient (Wildman–Crippen LogP) is 3.04. The minimum absolute atomic E-state index is 0.105. The van der Waals surface area contributed by atoms with Gasteiger partial charge in [-0.2, -0.15) is 13.2 Å². The molecule has 0 unspecified atom stereocenters. The molecule has 0 aliphatic carbocycles. The van der Waals surface area contributed by atoms with Crippen molar-refractivity contribution in [3.63, 3.8) is 0 Å². The number of carbonyl (C=O) groups excluding carboxylic acids is 1. The molecule has 13 heteroatoms. The highest BCUT2D eigenvalue weighted by atomic mass is 28.4. The number of ether oxygens (including phenoxy) is 1. The second kappa shape index (κ2) is 9.69. The summed E-state index contributed by atoms with van der Waals surface area (Å²) in [4.78, 5) is 11.6. The molecule has 1 amide bonds. The molecule has 2 N–H and O–H groups in total. The number of aliphatic hydroxyl groups excluding tert-OH is 1. The van der Waals surface area contributed by atoms with Crippen molar-refractivity contribution in [3.8, 4) is 0 Å². The Balaban J connectivity index is 3.31. The highest BCUT2D eigenvalue weighted by molar-refractivity contribution is 6.70. The number of carbonyl (C=O) groups is 1. The lowest BCUT2D eigenvalue weighted by atomic mass is 9.97. The van der Waals surface area contributed by atoms with Crippen molar-refractivity contribution < 1.29 is 41.1 Å². The second-order valence-corrected chi connectivity index (χ2v) is 23.8. The minimum Gasteiger partial charge on any atom is -0.415 e. The Bertz CT molecular complexity index is 589. The molecule has 1 saturated heterocycles. The average molecular weight is 492 g/mol. The van der Waals surface area contributed by atoms with Crippen LogP contribution in [0.15, 0.2) is 0 Å². The molecular formula is C17H36F3NO6Si3. The zero-order valence-electron chi connectivity index (χ0n) is 19.2. The molecule has 1 rings (SSSR count). The monoisotopic (exact) mass is 491 g/mol. The van der Waals surface area contributed by atoms with Crippen molar-refractivity contribution in [1.82, 2.24) is 5.32 Å².